The number of thiophene rings is 1. The second kappa shape index (κ2) is 6.27. The van der Waals surface area contributed by atoms with Crippen LogP contribution in [0.25, 0.3) is 0 Å². The van der Waals surface area contributed by atoms with Crippen molar-refractivity contribution in [3.8, 4) is 0 Å². The number of rotatable bonds is 4. The Morgan fingerprint density at radius 2 is 2.11 bits per heavy atom. The minimum absolute atomic E-state index is 0.136. The van der Waals surface area contributed by atoms with Gasteiger partial charge in [0, 0.05) is 25.9 Å². The standard InChI is InChI=1S/C13H11BrN2OS2/c14-10-5-11(19-7-10)6-16-13(17)9-3-1-2-8(4-9)12(15)18/h1-5,7H,6H2,(H2,15,18)(H,16,17). The Kier molecular flexibility index (Phi) is 4.68. The van der Waals surface area contributed by atoms with Gasteiger partial charge in [-0.3, -0.25) is 4.79 Å². The van der Waals surface area contributed by atoms with Crippen LogP contribution in [-0.2, 0) is 6.54 Å². The van der Waals surface area contributed by atoms with Crippen LogP contribution in [0.1, 0.15) is 20.8 Å². The predicted molar refractivity (Wildman–Crippen MR) is 85.5 cm³/mol. The molecule has 2 rings (SSSR count). The number of hydrogen-bond donors (Lipinski definition) is 2. The third-order valence-electron chi connectivity index (χ3n) is 2.45. The highest BCUT2D eigenvalue weighted by Gasteiger charge is 2.07. The van der Waals surface area contributed by atoms with Gasteiger partial charge in [-0.05, 0) is 34.1 Å². The summed E-state index contributed by atoms with van der Waals surface area (Å²) in [6.07, 6.45) is 0. The molecule has 0 saturated carbocycles. The van der Waals surface area contributed by atoms with Crippen molar-refractivity contribution in [2.24, 2.45) is 5.73 Å². The van der Waals surface area contributed by atoms with Crippen LogP contribution in [0.15, 0.2) is 40.2 Å². The van der Waals surface area contributed by atoms with Crippen molar-refractivity contribution in [1.29, 1.82) is 0 Å². The number of nitrogens with one attached hydrogen (secondary N) is 1. The average molecular weight is 355 g/mol. The zero-order valence-electron chi connectivity index (χ0n) is 9.85. The topological polar surface area (TPSA) is 55.1 Å². The fourth-order valence-corrected chi connectivity index (χ4v) is 3.05. The van der Waals surface area contributed by atoms with E-state index in [1.807, 2.05) is 11.4 Å². The molecule has 1 aromatic carbocycles. The molecule has 1 aromatic heterocycles. The molecule has 0 aliphatic carbocycles. The van der Waals surface area contributed by atoms with Gasteiger partial charge >= 0.3 is 0 Å². The maximum absolute atomic E-state index is 12.0. The van der Waals surface area contributed by atoms with Crippen LogP contribution < -0.4 is 11.1 Å². The van der Waals surface area contributed by atoms with Gasteiger partial charge in [-0.15, -0.1) is 11.3 Å². The first-order chi connectivity index (χ1) is 9.06. The summed E-state index contributed by atoms with van der Waals surface area (Å²) >= 11 is 9.87. The molecule has 0 bridgehead atoms. The van der Waals surface area contributed by atoms with Gasteiger partial charge in [-0.25, -0.2) is 0 Å². The third-order valence-corrected chi connectivity index (χ3v) is 4.39. The zero-order chi connectivity index (χ0) is 13.8. The molecule has 0 aliphatic rings. The summed E-state index contributed by atoms with van der Waals surface area (Å²) in [6, 6.07) is 8.97. The van der Waals surface area contributed by atoms with Gasteiger partial charge in [0.2, 0.25) is 0 Å². The van der Waals surface area contributed by atoms with Crippen LogP contribution in [0.5, 0.6) is 0 Å². The maximum Gasteiger partial charge on any atom is 0.251 e. The Bertz CT molecular complexity index is 625. The Morgan fingerprint density at radius 3 is 2.74 bits per heavy atom. The van der Waals surface area contributed by atoms with Crippen molar-refractivity contribution in [1.82, 2.24) is 5.32 Å². The first-order valence-corrected chi connectivity index (χ1v) is 7.55. The number of carbonyl (C=O) groups excluding carboxylic acids is 1. The number of thiocarbonyl (C=S) groups is 1. The highest BCUT2D eigenvalue weighted by molar-refractivity contribution is 9.10. The normalized spacial score (nSPS) is 10.2. The molecule has 1 heterocycles. The molecule has 0 spiro atoms. The van der Waals surface area contributed by atoms with E-state index in [1.54, 1.807) is 35.6 Å². The van der Waals surface area contributed by atoms with Gasteiger partial charge in [0.15, 0.2) is 0 Å². The minimum Gasteiger partial charge on any atom is -0.389 e. The molecule has 3 N–H and O–H groups in total. The van der Waals surface area contributed by atoms with E-state index in [4.69, 9.17) is 18.0 Å². The molecule has 2 aromatic rings. The molecule has 6 heteroatoms. The van der Waals surface area contributed by atoms with Gasteiger partial charge in [0.1, 0.15) is 4.99 Å². The molecule has 3 nitrogen and oxygen atoms in total. The van der Waals surface area contributed by atoms with Crippen molar-refractivity contribution in [2.75, 3.05) is 0 Å². The maximum atomic E-state index is 12.0. The molecule has 1 amide bonds. The van der Waals surface area contributed by atoms with E-state index in [0.717, 1.165) is 9.35 Å². The smallest absolute Gasteiger partial charge is 0.251 e. The summed E-state index contributed by atoms with van der Waals surface area (Å²) in [5.74, 6) is -0.136. The quantitative estimate of drug-likeness (QED) is 0.829. The fraction of sp³-hybridized carbons (Fsp3) is 0.0769. The zero-order valence-corrected chi connectivity index (χ0v) is 13.1. The van der Waals surface area contributed by atoms with Crippen molar-refractivity contribution >= 4 is 50.4 Å². The van der Waals surface area contributed by atoms with Gasteiger partial charge in [-0.2, -0.15) is 0 Å². The Morgan fingerprint density at radius 1 is 1.37 bits per heavy atom. The molecule has 0 aliphatic heterocycles. The van der Waals surface area contributed by atoms with E-state index in [2.05, 4.69) is 21.2 Å². The minimum atomic E-state index is -0.136. The van der Waals surface area contributed by atoms with Gasteiger partial charge in [-0.1, -0.05) is 24.4 Å². The molecule has 98 valence electrons. The molecule has 0 radical (unpaired) electrons. The highest BCUT2D eigenvalue weighted by Crippen LogP contribution is 2.19. The number of hydrogen-bond acceptors (Lipinski definition) is 3. The lowest BCUT2D eigenvalue weighted by atomic mass is 10.1. The summed E-state index contributed by atoms with van der Waals surface area (Å²) in [5, 5.41) is 4.84. The number of carbonyl (C=O) groups is 1. The van der Waals surface area contributed by atoms with Crippen LogP contribution in [0.4, 0.5) is 0 Å². The van der Waals surface area contributed by atoms with E-state index >= 15 is 0 Å². The van der Waals surface area contributed by atoms with E-state index in [1.165, 1.54) is 0 Å². The van der Waals surface area contributed by atoms with Crippen LogP contribution >= 0.6 is 39.5 Å². The molecule has 0 unspecified atom stereocenters. The van der Waals surface area contributed by atoms with Crippen molar-refractivity contribution in [3.05, 3.63) is 56.2 Å². The number of benzene rings is 1. The summed E-state index contributed by atoms with van der Waals surface area (Å²) < 4.78 is 1.03. The second-order valence-electron chi connectivity index (χ2n) is 3.86. The lowest BCUT2D eigenvalue weighted by molar-refractivity contribution is 0.0951. The molecule has 0 atom stereocenters. The summed E-state index contributed by atoms with van der Waals surface area (Å²) in [5.41, 5.74) is 6.80. The Hall–Kier alpha value is -1.24. The number of nitrogens with two attached hydrogens (primary N) is 1. The van der Waals surface area contributed by atoms with E-state index in [9.17, 15) is 4.79 Å². The van der Waals surface area contributed by atoms with Crippen molar-refractivity contribution in [3.63, 3.8) is 0 Å². The van der Waals surface area contributed by atoms with Crippen LogP contribution in [0.2, 0.25) is 0 Å². The SMILES string of the molecule is NC(=S)c1cccc(C(=O)NCc2cc(Br)cs2)c1. The largest absolute Gasteiger partial charge is 0.389 e. The summed E-state index contributed by atoms with van der Waals surface area (Å²) in [7, 11) is 0. The Labute approximate surface area is 129 Å². The lowest BCUT2D eigenvalue weighted by Crippen LogP contribution is -2.22. The molecule has 0 fully saturated rings. The third kappa shape index (κ3) is 3.86. The van der Waals surface area contributed by atoms with E-state index in [-0.39, 0.29) is 10.9 Å². The first kappa shape index (κ1) is 14.2. The summed E-state index contributed by atoms with van der Waals surface area (Å²) in [6.45, 7) is 0.506. The molecule has 19 heavy (non-hydrogen) atoms. The van der Waals surface area contributed by atoms with Gasteiger partial charge in [0.05, 0.1) is 6.54 Å². The molecular formula is C13H11BrN2OS2. The van der Waals surface area contributed by atoms with Gasteiger partial charge in [0.25, 0.3) is 5.91 Å². The van der Waals surface area contributed by atoms with Crippen molar-refractivity contribution in [2.45, 2.75) is 6.54 Å². The second-order valence-corrected chi connectivity index (χ2v) is 6.21. The fourth-order valence-electron chi connectivity index (χ4n) is 1.53. The summed E-state index contributed by atoms with van der Waals surface area (Å²) in [4.78, 5) is 13.4. The predicted octanol–water partition coefficient (Wildman–Crippen LogP) is 3.07. The van der Waals surface area contributed by atoms with Crippen LogP contribution in [-0.4, -0.2) is 10.9 Å². The molecular weight excluding hydrogens is 344 g/mol. The van der Waals surface area contributed by atoms with Crippen LogP contribution in [0, 0.1) is 0 Å². The van der Waals surface area contributed by atoms with Crippen molar-refractivity contribution < 1.29 is 4.79 Å². The lowest BCUT2D eigenvalue weighted by Gasteiger charge is -2.05. The monoisotopic (exact) mass is 354 g/mol. The average Bonchev–Trinajstić information content (AvgIpc) is 2.82. The number of halogens is 1. The van der Waals surface area contributed by atoms with Crippen LogP contribution in [0.3, 0.4) is 0 Å². The highest BCUT2D eigenvalue weighted by atomic mass is 79.9. The van der Waals surface area contributed by atoms with Gasteiger partial charge < -0.3 is 11.1 Å². The molecule has 0 saturated heterocycles. The number of amides is 1. The van der Waals surface area contributed by atoms with E-state index in [0.29, 0.717) is 17.7 Å². The van der Waals surface area contributed by atoms with E-state index < -0.39 is 0 Å². The Balaban J connectivity index is 2.03. The first-order valence-electron chi connectivity index (χ1n) is 5.47.